The molecule has 0 N–H and O–H groups in total. The Morgan fingerprint density at radius 1 is 1.35 bits per heavy atom. The van der Waals surface area contributed by atoms with Crippen molar-refractivity contribution in [3.63, 3.8) is 0 Å². The number of allylic oxidation sites excluding steroid dienone is 1. The molecule has 1 amide bonds. The Bertz CT molecular complexity index is 619. The summed E-state index contributed by atoms with van der Waals surface area (Å²) in [5.41, 5.74) is 2.74. The Morgan fingerprint density at radius 2 is 2.05 bits per heavy atom. The van der Waals surface area contributed by atoms with Gasteiger partial charge in [-0.2, -0.15) is 0 Å². The van der Waals surface area contributed by atoms with E-state index in [1.165, 1.54) is 20.1 Å². The lowest BCUT2D eigenvalue weighted by Crippen LogP contribution is -2.30. The van der Waals surface area contributed by atoms with Gasteiger partial charge in [0.25, 0.3) is 0 Å². The summed E-state index contributed by atoms with van der Waals surface area (Å²) in [5, 5.41) is 0. The van der Waals surface area contributed by atoms with Crippen LogP contribution in [0, 0.1) is 0 Å². The number of halogens is 1. The molecular weight excluding hydrogens is 322 g/mol. The first-order valence-electron chi connectivity index (χ1n) is 6.06. The van der Waals surface area contributed by atoms with Gasteiger partial charge in [0, 0.05) is 17.5 Å². The normalized spacial score (nSPS) is 14.4. The van der Waals surface area contributed by atoms with E-state index in [0.717, 1.165) is 15.6 Å². The Labute approximate surface area is 125 Å². The number of fused-ring (bicyclic) bond motifs is 1. The van der Waals surface area contributed by atoms with E-state index in [2.05, 4.69) is 20.7 Å². The van der Waals surface area contributed by atoms with Crippen molar-refractivity contribution in [2.24, 2.45) is 0 Å². The topological polar surface area (TPSA) is 46.6 Å². The fraction of sp³-hybridized carbons (Fsp3) is 0.200. The second kappa shape index (κ2) is 6.05. The van der Waals surface area contributed by atoms with Gasteiger partial charge >= 0.3 is 5.97 Å². The molecule has 1 aromatic carbocycles. The zero-order valence-electron chi connectivity index (χ0n) is 11.2. The Morgan fingerprint density at radius 3 is 2.70 bits per heavy atom. The molecule has 0 radical (unpaired) electrons. The molecule has 0 bridgehead atoms. The third-order valence-corrected chi connectivity index (χ3v) is 3.89. The molecule has 104 valence electrons. The van der Waals surface area contributed by atoms with Gasteiger partial charge in [0.1, 0.15) is 0 Å². The third-order valence-electron chi connectivity index (χ3n) is 3.06. The lowest BCUT2D eigenvalue weighted by atomic mass is 10.0. The van der Waals surface area contributed by atoms with Gasteiger partial charge in [0.05, 0.1) is 19.4 Å². The lowest BCUT2D eigenvalue weighted by molar-refractivity contribution is -0.135. The van der Waals surface area contributed by atoms with Gasteiger partial charge in [-0.3, -0.25) is 4.79 Å². The molecule has 1 aliphatic heterocycles. The number of carbonyl (C=O) groups is 2. The van der Waals surface area contributed by atoms with Crippen molar-refractivity contribution >= 4 is 32.3 Å². The molecule has 0 spiro atoms. The van der Waals surface area contributed by atoms with Crippen LogP contribution in [0.4, 0.5) is 0 Å². The number of ether oxygens (including phenoxy) is 1. The highest BCUT2D eigenvalue weighted by molar-refractivity contribution is 9.15. The minimum Gasteiger partial charge on any atom is -0.466 e. The van der Waals surface area contributed by atoms with Gasteiger partial charge in [-0.1, -0.05) is 24.3 Å². The third kappa shape index (κ3) is 2.82. The van der Waals surface area contributed by atoms with Gasteiger partial charge in [-0.15, -0.1) is 0 Å². The summed E-state index contributed by atoms with van der Waals surface area (Å²) in [6.07, 6.45) is 2.90. The van der Waals surface area contributed by atoms with Crippen LogP contribution >= 0.6 is 15.9 Å². The molecule has 0 saturated carbocycles. The van der Waals surface area contributed by atoms with Gasteiger partial charge < -0.3 is 9.64 Å². The molecule has 1 aliphatic rings. The zero-order chi connectivity index (χ0) is 14.7. The number of nitrogens with zero attached hydrogens (tertiary/aromatic N) is 1. The average Bonchev–Trinajstić information content (AvgIpc) is 2.45. The number of hydrogen-bond donors (Lipinski definition) is 0. The molecule has 0 fully saturated rings. The van der Waals surface area contributed by atoms with Crippen LogP contribution in [0.3, 0.4) is 0 Å². The molecule has 20 heavy (non-hydrogen) atoms. The summed E-state index contributed by atoms with van der Waals surface area (Å²) >= 11 is 3.52. The standard InChI is InChI=1S/C15H14BrNO3/c1-10(18)17-9-11-5-3-4-6-12(11)15(16)13(17)7-8-14(19)20-2/h3-8H,9H2,1-2H3/b8-7+. The van der Waals surface area contributed by atoms with Crippen LogP contribution in [0.2, 0.25) is 0 Å². The van der Waals surface area contributed by atoms with E-state index in [9.17, 15) is 9.59 Å². The van der Waals surface area contributed by atoms with Crippen LogP contribution < -0.4 is 0 Å². The van der Waals surface area contributed by atoms with Crippen LogP contribution in [-0.2, 0) is 20.9 Å². The highest BCUT2D eigenvalue weighted by Crippen LogP contribution is 2.36. The van der Waals surface area contributed by atoms with Crippen molar-refractivity contribution in [3.8, 4) is 0 Å². The quantitative estimate of drug-likeness (QED) is 0.616. The summed E-state index contributed by atoms with van der Waals surface area (Å²) in [6, 6.07) is 7.83. The highest BCUT2D eigenvalue weighted by atomic mass is 79.9. The molecule has 0 aliphatic carbocycles. The van der Waals surface area contributed by atoms with Gasteiger partial charge in [0.15, 0.2) is 0 Å². The van der Waals surface area contributed by atoms with Crippen LogP contribution in [0.1, 0.15) is 18.1 Å². The van der Waals surface area contributed by atoms with Crippen molar-refractivity contribution in [1.82, 2.24) is 4.90 Å². The van der Waals surface area contributed by atoms with Crippen molar-refractivity contribution in [1.29, 1.82) is 0 Å². The van der Waals surface area contributed by atoms with Crippen molar-refractivity contribution in [2.75, 3.05) is 7.11 Å². The van der Waals surface area contributed by atoms with E-state index >= 15 is 0 Å². The van der Waals surface area contributed by atoms with Crippen molar-refractivity contribution in [3.05, 3.63) is 53.2 Å². The first kappa shape index (κ1) is 14.5. The van der Waals surface area contributed by atoms with Crippen molar-refractivity contribution in [2.45, 2.75) is 13.5 Å². The molecular formula is C15H14BrNO3. The predicted molar refractivity (Wildman–Crippen MR) is 79.7 cm³/mol. The summed E-state index contributed by atoms with van der Waals surface area (Å²) in [5.74, 6) is -0.541. The largest absolute Gasteiger partial charge is 0.466 e. The average molecular weight is 336 g/mol. The summed E-state index contributed by atoms with van der Waals surface area (Å²) in [4.78, 5) is 24.6. The molecule has 1 aromatic rings. The maximum absolute atomic E-state index is 11.8. The van der Waals surface area contributed by atoms with E-state index in [1.807, 2.05) is 24.3 Å². The predicted octanol–water partition coefficient (Wildman–Crippen LogP) is 2.84. The highest BCUT2D eigenvalue weighted by Gasteiger charge is 2.24. The smallest absolute Gasteiger partial charge is 0.330 e. The summed E-state index contributed by atoms with van der Waals surface area (Å²) in [7, 11) is 1.31. The molecule has 0 aromatic heterocycles. The van der Waals surface area contributed by atoms with Gasteiger partial charge in [0.2, 0.25) is 5.91 Å². The van der Waals surface area contributed by atoms with Crippen LogP contribution in [-0.4, -0.2) is 23.9 Å². The van der Waals surface area contributed by atoms with E-state index in [0.29, 0.717) is 12.2 Å². The molecule has 1 heterocycles. The van der Waals surface area contributed by atoms with Crippen LogP contribution in [0.15, 0.2) is 42.1 Å². The monoisotopic (exact) mass is 335 g/mol. The Hall–Kier alpha value is -1.88. The van der Waals surface area contributed by atoms with E-state index < -0.39 is 5.97 Å². The number of benzene rings is 1. The number of esters is 1. The van der Waals surface area contributed by atoms with Gasteiger partial charge in [-0.05, 0) is 33.1 Å². The molecule has 5 heteroatoms. The number of methoxy groups -OCH3 is 1. The van der Waals surface area contributed by atoms with Crippen LogP contribution in [0.5, 0.6) is 0 Å². The van der Waals surface area contributed by atoms with E-state index in [-0.39, 0.29) is 5.91 Å². The second-order valence-electron chi connectivity index (χ2n) is 4.32. The van der Waals surface area contributed by atoms with E-state index in [1.54, 1.807) is 11.0 Å². The Kier molecular flexibility index (Phi) is 4.39. The maximum Gasteiger partial charge on any atom is 0.330 e. The summed E-state index contributed by atoms with van der Waals surface area (Å²) < 4.78 is 5.36. The minimum atomic E-state index is -0.458. The van der Waals surface area contributed by atoms with Crippen molar-refractivity contribution < 1.29 is 14.3 Å². The molecule has 0 unspecified atom stereocenters. The molecule has 2 rings (SSSR count). The Balaban J connectivity index is 2.50. The minimum absolute atomic E-state index is 0.0824. The van der Waals surface area contributed by atoms with Gasteiger partial charge in [-0.25, -0.2) is 4.79 Å². The second-order valence-corrected chi connectivity index (χ2v) is 5.11. The first-order chi connectivity index (χ1) is 9.54. The molecule has 0 atom stereocenters. The number of amides is 1. The fourth-order valence-electron chi connectivity index (χ4n) is 2.04. The first-order valence-corrected chi connectivity index (χ1v) is 6.86. The molecule has 0 saturated heterocycles. The maximum atomic E-state index is 11.8. The lowest BCUT2D eigenvalue weighted by Gasteiger charge is -2.29. The summed E-state index contributed by atoms with van der Waals surface area (Å²) in [6.45, 7) is 1.99. The van der Waals surface area contributed by atoms with Crippen LogP contribution in [0.25, 0.3) is 4.48 Å². The fourth-order valence-corrected chi connectivity index (χ4v) is 2.78. The number of carbonyl (C=O) groups excluding carboxylic acids is 2. The zero-order valence-corrected chi connectivity index (χ0v) is 12.8. The number of hydrogen-bond acceptors (Lipinski definition) is 3. The van der Waals surface area contributed by atoms with E-state index in [4.69, 9.17) is 0 Å². The molecule has 4 nitrogen and oxygen atoms in total. The SMILES string of the molecule is COC(=O)/C=C/C1=C(Br)c2ccccc2CN1C(C)=O. The number of rotatable bonds is 2.